The Kier molecular flexibility index (Phi) is 10.4. The summed E-state index contributed by atoms with van der Waals surface area (Å²) < 4.78 is 14.4. The van der Waals surface area contributed by atoms with Crippen LogP contribution in [0, 0.1) is 11.8 Å². The normalized spacial score (nSPS) is 22.9. The number of alkyl halides is 1. The Morgan fingerprint density at radius 2 is 2.04 bits per heavy atom. The van der Waals surface area contributed by atoms with E-state index in [1.54, 1.807) is 0 Å². The lowest BCUT2D eigenvalue weighted by Gasteiger charge is -2.23. The van der Waals surface area contributed by atoms with Gasteiger partial charge in [-0.25, -0.2) is 4.39 Å². The average molecular weight is 368 g/mol. The molecule has 5 heteroatoms. The van der Waals surface area contributed by atoms with E-state index >= 15 is 0 Å². The van der Waals surface area contributed by atoms with Crippen molar-refractivity contribution in [3.8, 4) is 0 Å². The van der Waals surface area contributed by atoms with Crippen molar-refractivity contribution in [3.63, 3.8) is 0 Å². The molecule has 1 fully saturated rings. The van der Waals surface area contributed by atoms with Crippen LogP contribution in [0.1, 0.15) is 71.1 Å². The average Bonchev–Trinajstić information content (AvgIpc) is 2.84. The minimum Gasteiger partial charge on any atom is -0.481 e. The van der Waals surface area contributed by atoms with Gasteiger partial charge < -0.3 is 10.2 Å². The number of allylic oxidation sites excluding steroid dienone is 3. The predicted molar refractivity (Wildman–Crippen MR) is 101 cm³/mol. The number of Topliss-reactive ketones (excluding diaryl/α,β-unsaturated/α-hetero) is 1. The highest BCUT2D eigenvalue weighted by Crippen LogP contribution is 2.39. The lowest BCUT2D eigenvalue weighted by molar-refractivity contribution is -0.137. The number of unbranched alkanes of at least 4 members (excludes halogenated alkanes) is 3. The van der Waals surface area contributed by atoms with E-state index in [2.05, 4.69) is 13.5 Å². The highest BCUT2D eigenvalue weighted by molar-refractivity contribution is 5.87. The molecule has 4 atom stereocenters. The minimum absolute atomic E-state index is 0.0860. The minimum atomic E-state index is -1.33. The standard InChI is InChI=1S/C21H33FO4/c1-3-4-7-11-19(23)18(22)14-17-15(2)13-20(24)16(17)10-8-5-6-9-12-21(25)26/h5,8,16-19,23H,2-4,6-7,9-14H2,1H3,(H,25,26)/b8-5-/t16-,17+,18+,19+/m1/s1. The van der Waals surface area contributed by atoms with Gasteiger partial charge in [-0.05, 0) is 38.0 Å². The third-order valence-corrected chi connectivity index (χ3v) is 5.14. The fourth-order valence-electron chi connectivity index (χ4n) is 3.54. The van der Waals surface area contributed by atoms with Gasteiger partial charge in [0.25, 0.3) is 0 Å². The van der Waals surface area contributed by atoms with Crippen molar-refractivity contribution in [1.82, 2.24) is 0 Å². The molecule has 0 spiro atoms. The van der Waals surface area contributed by atoms with Gasteiger partial charge in [-0.3, -0.25) is 9.59 Å². The number of carboxylic acids is 1. The van der Waals surface area contributed by atoms with Gasteiger partial charge in [0, 0.05) is 18.8 Å². The topological polar surface area (TPSA) is 74.6 Å². The van der Waals surface area contributed by atoms with Gasteiger partial charge in [-0.1, -0.05) is 50.5 Å². The van der Waals surface area contributed by atoms with Crippen molar-refractivity contribution in [1.29, 1.82) is 0 Å². The van der Waals surface area contributed by atoms with Gasteiger partial charge in [0.2, 0.25) is 0 Å². The largest absolute Gasteiger partial charge is 0.481 e. The van der Waals surface area contributed by atoms with E-state index in [0.717, 1.165) is 24.8 Å². The molecule has 26 heavy (non-hydrogen) atoms. The summed E-state index contributed by atoms with van der Waals surface area (Å²) >= 11 is 0. The second-order valence-electron chi connectivity index (χ2n) is 7.32. The second kappa shape index (κ2) is 12.0. The number of ketones is 1. The number of hydrogen-bond donors (Lipinski definition) is 2. The number of aliphatic hydroxyl groups excluding tert-OH is 1. The lowest BCUT2D eigenvalue weighted by Crippen LogP contribution is -2.27. The highest BCUT2D eigenvalue weighted by atomic mass is 19.1. The quantitative estimate of drug-likeness (QED) is 0.367. The van der Waals surface area contributed by atoms with E-state index < -0.39 is 18.2 Å². The summed E-state index contributed by atoms with van der Waals surface area (Å²) in [5.74, 6) is -1.23. The smallest absolute Gasteiger partial charge is 0.303 e. The third-order valence-electron chi connectivity index (χ3n) is 5.14. The Balaban J connectivity index is 2.50. The summed E-state index contributed by atoms with van der Waals surface area (Å²) in [5, 5.41) is 18.6. The number of carboxylic acid groups (broad SMARTS) is 1. The van der Waals surface area contributed by atoms with Crippen LogP contribution in [0.5, 0.6) is 0 Å². The molecule has 0 saturated heterocycles. The first-order valence-electron chi connectivity index (χ1n) is 9.76. The van der Waals surface area contributed by atoms with Crippen molar-refractivity contribution < 1.29 is 24.2 Å². The van der Waals surface area contributed by atoms with Crippen molar-refractivity contribution in [3.05, 3.63) is 24.3 Å². The molecule has 1 rings (SSSR count). The maximum atomic E-state index is 14.4. The summed E-state index contributed by atoms with van der Waals surface area (Å²) in [7, 11) is 0. The molecule has 148 valence electrons. The molecule has 0 aromatic rings. The number of aliphatic carboxylic acids is 1. The van der Waals surface area contributed by atoms with E-state index in [1.807, 2.05) is 12.2 Å². The molecule has 1 aliphatic carbocycles. The first kappa shape index (κ1) is 22.6. The van der Waals surface area contributed by atoms with Gasteiger partial charge in [0.05, 0.1) is 6.10 Å². The number of aliphatic hydroxyl groups is 1. The molecule has 0 aliphatic heterocycles. The molecule has 4 nitrogen and oxygen atoms in total. The van der Waals surface area contributed by atoms with Crippen molar-refractivity contribution >= 4 is 11.8 Å². The van der Waals surface area contributed by atoms with Crippen molar-refractivity contribution in [2.24, 2.45) is 11.8 Å². The fraction of sp³-hybridized carbons (Fsp3) is 0.714. The van der Waals surface area contributed by atoms with Crippen molar-refractivity contribution in [2.75, 3.05) is 0 Å². The molecule has 0 aromatic carbocycles. The highest BCUT2D eigenvalue weighted by Gasteiger charge is 2.38. The number of halogens is 1. The van der Waals surface area contributed by atoms with Crippen LogP contribution >= 0.6 is 0 Å². The lowest BCUT2D eigenvalue weighted by atomic mass is 9.85. The molecule has 0 heterocycles. The Morgan fingerprint density at radius 1 is 1.31 bits per heavy atom. The molecule has 0 bridgehead atoms. The fourth-order valence-corrected chi connectivity index (χ4v) is 3.54. The van der Waals surface area contributed by atoms with E-state index in [4.69, 9.17) is 5.11 Å². The Hall–Kier alpha value is -1.49. The Bertz CT molecular complexity index is 500. The molecule has 0 unspecified atom stereocenters. The van der Waals surface area contributed by atoms with Crippen molar-refractivity contribution in [2.45, 2.75) is 83.4 Å². The van der Waals surface area contributed by atoms with E-state index in [-0.39, 0.29) is 30.5 Å². The van der Waals surface area contributed by atoms with Crippen LogP contribution in [0.3, 0.4) is 0 Å². The van der Waals surface area contributed by atoms with Crippen LogP contribution in [0.15, 0.2) is 24.3 Å². The van der Waals surface area contributed by atoms with Crippen LogP contribution in [0.2, 0.25) is 0 Å². The van der Waals surface area contributed by atoms with Gasteiger partial charge in [0.15, 0.2) is 0 Å². The van der Waals surface area contributed by atoms with Gasteiger partial charge >= 0.3 is 5.97 Å². The summed E-state index contributed by atoms with van der Waals surface area (Å²) in [6.07, 6.45) is 7.06. The van der Waals surface area contributed by atoms with Crippen LogP contribution < -0.4 is 0 Å². The monoisotopic (exact) mass is 368 g/mol. The van der Waals surface area contributed by atoms with Crippen LogP contribution in [-0.2, 0) is 9.59 Å². The summed E-state index contributed by atoms with van der Waals surface area (Å²) in [4.78, 5) is 22.7. The maximum Gasteiger partial charge on any atom is 0.303 e. The summed E-state index contributed by atoms with van der Waals surface area (Å²) in [5.41, 5.74) is 0.766. The van der Waals surface area contributed by atoms with Gasteiger partial charge in [-0.15, -0.1) is 0 Å². The molecular weight excluding hydrogens is 335 g/mol. The predicted octanol–water partition coefficient (Wildman–Crippen LogP) is 4.62. The molecule has 0 radical (unpaired) electrons. The van der Waals surface area contributed by atoms with Gasteiger partial charge in [0.1, 0.15) is 12.0 Å². The van der Waals surface area contributed by atoms with Crippen LogP contribution in [-0.4, -0.2) is 34.2 Å². The van der Waals surface area contributed by atoms with E-state index in [9.17, 15) is 19.1 Å². The molecule has 0 aromatic heterocycles. The number of carbonyl (C=O) groups is 2. The Morgan fingerprint density at radius 3 is 2.69 bits per heavy atom. The van der Waals surface area contributed by atoms with E-state index in [0.29, 0.717) is 32.1 Å². The van der Waals surface area contributed by atoms with Crippen LogP contribution in [0.4, 0.5) is 4.39 Å². The molecule has 0 amide bonds. The number of carbonyl (C=O) groups excluding carboxylic acids is 1. The molecule has 1 aliphatic rings. The summed E-state index contributed by atoms with van der Waals surface area (Å²) in [6.45, 7) is 6.01. The Labute approximate surface area is 156 Å². The zero-order valence-corrected chi connectivity index (χ0v) is 15.8. The first-order chi connectivity index (χ1) is 12.4. The zero-order valence-electron chi connectivity index (χ0n) is 15.8. The first-order valence-corrected chi connectivity index (χ1v) is 9.76. The third kappa shape index (κ3) is 7.81. The number of rotatable bonds is 13. The second-order valence-corrected chi connectivity index (χ2v) is 7.32. The SMILES string of the molecule is C=C1CC(=O)[C@H](C/C=C\CCCC(=O)O)[C@H]1C[C@H](F)[C@@H](O)CCCCC. The summed E-state index contributed by atoms with van der Waals surface area (Å²) in [6, 6.07) is 0. The van der Waals surface area contributed by atoms with E-state index in [1.165, 1.54) is 0 Å². The van der Waals surface area contributed by atoms with Crippen LogP contribution in [0.25, 0.3) is 0 Å². The molecule has 2 N–H and O–H groups in total. The molecule has 1 saturated carbocycles. The zero-order chi connectivity index (χ0) is 19.5. The molecular formula is C21H33FO4. The maximum absolute atomic E-state index is 14.4. The van der Waals surface area contributed by atoms with Gasteiger partial charge in [-0.2, -0.15) is 0 Å². The number of hydrogen-bond acceptors (Lipinski definition) is 3.